The topological polar surface area (TPSA) is 115 Å². The predicted octanol–water partition coefficient (Wildman–Crippen LogP) is 0.854. The molecule has 108 valence electrons. The fraction of sp³-hybridized carbons (Fsp3) is 0.429. The summed E-state index contributed by atoms with van der Waals surface area (Å²) in [6, 6.07) is 4.46. The number of carbonyl (C=O) groups is 2. The molecule has 0 spiro atoms. The van der Waals surface area contributed by atoms with Crippen LogP contribution in [-0.4, -0.2) is 38.3 Å². The highest BCUT2D eigenvalue weighted by molar-refractivity contribution is 6.01. The average Bonchev–Trinajstić information content (AvgIpc) is 2.34. The number of aliphatic hydroxyl groups excluding tert-OH is 2. The Balaban J connectivity index is 2.20. The van der Waals surface area contributed by atoms with Crippen LogP contribution in [0.5, 0.6) is 5.75 Å². The number of ketones is 1. The molecule has 1 aliphatic rings. The molecule has 0 radical (unpaired) electrons. The second-order valence-electron chi connectivity index (χ2n) is 5.06. The van der Waals surface area contributed by atoms with Gasteiger partial charge in [-0.05, 0) is 24.0 Å². The molecule has 6 heteroatoms. The molecule has 3 unspecified atom stereocenters. The summed E-state index contributed by atoms with van der Waals surface area (Å²) in [5, 5.41) is 38.1. The molecule has 20 heavy (non-hydrogen) atoms. The largest absolute Gasteiger partial charge is 0.507 e. The van der Waals surface area contributed by atoms with Gasteiger partial charge in [-0.1, -0.05) is 12.1 Å². The van der Waals surface area contributed by atoms with Crippen molar-refractivity contribution >= 4 is 11.8 Å². The monoisotopic (exact) mass is 280 g/mol. The fourth-order valence-electron chi connectivity index (χ4n) is 2.66. The van der Waals surface area contributed by atoms with Gasteiger partial charge in [0.2, 0.25) is 0 Å². The van der Waals surface area contributed by atoms with Crippen LogP contribution in [0.3, 0.4) is 0 Å². The van der Waals surface area contributed by atoms with Crippen molar-refractivity contribution in [2.45, 2.75) is 31.5 Å². The Kier molecular flexibility index (Phi) is 4.06. The van der Waals surface area contributed by atoms with Crippen molar-refractivity contribution in [3.05, 3.63) is 29.3 Å². The number of phenols is 1. The van der Waals surface area contributed by atoms with Crippen LogP contribution in [0.15, 0.2) is 18.2 Å². The smallest absolute Gasteiger partial charge is 0.305 e. The highest BCUT2D eigenvalue weighted by atomic mass is 16.4. The Labute approximate surface area is 115 Å². The van der Waals surface area contributed by atoms with Gasteiger partial charge in [0.25, 0.3) is 0 Å². The molecule has 1 aliphatic carbocycles. The molecule has 4 N–H and O–H groups in total. The number of rotatable bonds is 4. The van der Waals surface area contributed by atoms with Gasteiger partial charge < -0.3 is 20.4 Å². The Morgan fingerprint density at radius 3 is 2.75 bits per heavy atom. The quantitative estimate of drug-likeness (QED) is 0.650. The molecule has 0 aromatic heterocycles. The third kappa shape index (κ3) is 2.81. The number of benzene rings is 1. The van der Waals surface area contributed by atoms with E-state index in [0.29, 0.717) is 5.56 Å². The van der Waals surface area contributed by atoms with Crippen LogP contribution < -0.4 is 0 Å². The van der Waals surface area contributed by atoms with E-state index in [1.54, 1.807) is 6.07 Å². The zero-order chi connectivity index (χ0) is 14.9. The van der Waals surface area contributed by atoms with Crippen molar-refractivity contribution < 1.29 is 30.0 Å². The molecule has 0 amide bonds. The van der Waals surface area contributed by atoms with Crippen molar-refractivity contribution in [3.63, 3.8) is 0 Å². The van der Waals surface area contributed by atoms with Gasteiger partial charge >= 0.3 is 5.97 Å². The molecule has 1 aromatic carbocycles. The van der Waals surface area contributed by atoms with Gasteiger partial charge in [-0.2, -0.15) is 0 Å². The van der Waals surface area contributed by atoms with E-state index >= 15 is 0 Å². The maximum Gasteiger partial charge on any atom is 0.305 e. The summed E-state index contributed by atoms with van der Waals surface area (Å²) in [5.74, 6) is -2.16. The second kappa shape index (κ2) is 5.60. The van der Waals surface area contributed by atoms with E-state index in [1.807, 2.05) is 0 Å². The van der Waals surface area contributed by atoms with Gasteiger partial charge in [-0.15, -0.1) is 0 Å². The summed E-state index contributed by atoms with van der Waals surface area (Å²) >= 11 is 0. The lowest BCUT2D eigenvalue weighted by Gasteiger charge is -2.30. The minimum atomic E-state index is -1.13. The number of carboxylic acids is 1. The van der Waals surface area contributed by atoms with E-state index in [4.69, 9.17) is 5.11 Å². The van der Waals surface area contributed by atoms with Crippen LogP contribution in [0.4, 0.5) is 0 Å². The molecule has 0 fully saturated rings. The molecule has 0 aliphatic heterocycles. The van der Waals surface area contributed by atoms with E-state index in [0.717, 1.165) is 0 Å². The van der Waals surface area contributed by atoms with Gasteiger partial charge in [-0.25, -0.2) is 0 Å². The van der Waals surface area contributed by atoms with Crippen LogP contribution in [-0.2, 0) is 4.79 Å². The van der Waals surface area contributed by atoms with E-state index in [-0.39, 0.29) is 29.9 Å². The maximum absolute atomic E-state index is 12.0. The Morgan fingerprint density at radius 2 is 2.10 bits per heavy atom. The summed E-state index contributed by atoms with van der Waals surface area (Å²) in [5.41, 5.74) is 0.442. The third-order valence-electron chi connectivity index (χ3n) is 3.55. The SMILES string of the molecule is O=C(O)CC(O)CC1CC(=O)c2c(O)cccc2C1O. The van der Waals surface area contributed by atoms with Crippen molar-refractivity contribution in [3.8, 4) is 5.75 Å². The van der Waals surface area contributed by atoms with Crippen molar-refractivity contribution in [2.24, 2.45) is 5.92 Å². The number of Topliss-reactive ketones (excluding diaryl/α,β-unsaturated/α-hetero) is 1. The van der Waals surface area contributed by atoms with Gasteiger partial charge in [0.15, 0.2) is 5.78 Å². The lowest BCUT2D eigenvalue weighted by atomic mass is 9.77. The number of aromatic hydroxyl groups is 1. The molecular weight excluding hydrogens is 264 g/mol. The first-order valence-electron chi connectivity index (χ1n) is 6.33. The first-order chi connectivity index (χ1) is 9.40. The van der Waals surface area contributed by atoms with E-state index in [2.05, 4.69) is 0 Å². The van der Waals surface area contributed by atoms with E-state index < -0.39 is 30.5 Å². The van der Waals surface area contributed by atoms with Gasteiger partial charge in [0, 0.05) is 6.42 Å². The Morgan fingerprint density at radius 1 is 1.40 bits per heavy atom. The highest BCUT2D eigenvalue weighted by Gasteiger charge is 2.35. The van der Waals surface area contributed by atoms with Gasteiger partial charge in [0.05, 0.1) is 24.2 Å². The maximum atomic E-state index is 12.0. The Hall–Kier alpha value is -1.92. The lowest BCUT2D eigenvalue weighted by Crippen LogP contribution is -2.29. The van der Waals surface area contributed by atoms with Gasteiger partial charge in [-0.3, -0.25) is 9.59 Å². The number of phenolic OH excluding ortho intramolecular Hbond substituents is 1. The van der Waals surface area contributed by atoms with Crippen LogP contribution in [0.2, 0.25) is 0 Å². The first-order valence-corrected chi connectivity index (χ1v) is 6.33. The standard InChI is InChI=1S/C14H16O6/c15-8(6-12(18)19)4-7-5-11(17)13-9(14(7)20)2-1-3-10(13)16/h1-3,7-8,14-16,20H,4-6H2,(H,18,19). The normalized spacial score (nSPS) is 23.2. The summed E-state index contributed by atoms with van der Waals surface area (Å²) in [7, 11) is 0. The fourth-order valence-corrected chi connectivity index (χ4v) is 2.66. The molecule has 1 aromatic rings. The minimum Gasteiger partial charge on any atom is -0.507 e. The second-order valence-corrected chi connectivity index (χ2v) is 5.06. The van der Waals surface area contributed by atoms with Crippen LogP contribution in [0, 0.1) is 5.92 Å². The number of carboxylic acid groups (broad SMARTS) is 1. The number of carbonyl (C=O) groups excluding carboxylic acids is 1. The van der Waals surface area contributed by atoms with Crippen LogP contribution >= 0.6 is 0 Å². The average molecular weight is 280 g/mol. The minimum absolute atomic E-state index is 0.0221. The molecule has 0 bridgehead atoms. The Bertz CT molecular complexity index is 538. The molecular formula is C14H16O6. The van der Waals surface area contributed by atoms with Gasteiger partial charge in [0.1, 0.15) is 5.75 Å². The first kappa shape index (κ1) is 14.5. The number of hydrogen-bond acceptors (Lipinski definition) is 5. The molecule has 2 rings (SSSR count). The zero-order valence-electron chi connectivity index (χ0n) is 10.7. The van der Waals surface area contributed by atoms with E-state index in [9.17, 15) is 24.9 Å². The lowest BCUT2D eigenvalue weighted by molar-refractivity contribution is -0.139. The predicted molar refractivity (Wildman–Crippen MR) is 68.4 cm³/mol. The number of aliphatic hydroxyl groups is 2. The van der Waals surface area contributed by atoms with Crippen molar-refractivity contribution in [2.75, 3.05) is 0 Å². The number of fused-ring (bicyclic) bond motifs is 1. The molecule has 0 saturated heterocycles. The summed E-state index contributed by atoms with van der Waals surface area (Å²) in [4.78, 5) is 22.5. The zero-order valence-corrected chi connectivity index (χ0v) is 10.7. The molecule has 0 saturated carbocycles. The van der Waals surface area contributed by atoms with Crippen LogP contribution in [0.25, 0.3) is 0 Å². The number of aliphatic carboxylic acids is 1. The third-order valence-corrected chi connectivity index (χ3v) is 3.55. The molecule has 3 atom stereocenters. The van der Waals surface area contributed by atoms with Crippen LogP contribution in [0.1, 0.15) is 41.3 Å². The number of hydrogen-bond donors (Lipinski definition) is 4. The van der Waals surface area contributed by atoms with E-state index in [1.165, 1.54) is 12.1 Å². The molecule has 6 nitrogen and oxygen atoms in total. The highest BCUT2D eigenvalue weighted by Crippen LogP contribution is 2.40. The summed E-state index contributed by atoms with van der Waals surface area (Å²) in [6.07, 6.45) is -2.54. The molecule has 0 heterocycles. The summed E-state index contributed by atoms with van der Waals surface area (Å²) in [6.45, 7) is 0. The summed E-state index contributed by atoms with van der Waals surface area (Å²) < 4.78 is 0. The van der Waals surface area contributed by atoms with Crippen molar-refractivity contribution in [1.29, 1.82) is 0 Å². The van der Waals surface area contributed by atoms with Crippen molar-refractivity contribution in [1.82, 2.24) is 0 Å².